The summed E-state index contributed by atoms with van der Waals surface area (Å²) in [5.41, 5.74) is 5.93. The minimum absolute atomic E-state index is 0.200. The first-order valence-corrected chi connectivity index (χ1v) is 7.96. The van der Waals surface area contributed by atoms with Gasteiger partial charge in [0.25, 0.3) is 0 Å². The van der Waals surface area contributed by atoms with Gasteiger partial charge in [0.2, 0.25) is 0 Å². The highest BCUT2D eigenvalue weighted by atomic mass is 16.5. The number of ether oxygens (including phenoxy) is 1. The molecule has 1 aliphatic heterocycles. The van der Waals surface area contributed by atoms with Gasteiger partial charge in [0, 0.05) is 19.2 Å². The molecule has 1 aliphatic rings. The molecule has 1 rings (SSSR count). The Balaban J connectivity index is 2.39. The van der Waals surface area contributed by atoms with E-state index in [4.69, 9.17) is 10.5 Å². The zero-order valence-electron chi connectivity index (χ0n) is 13.4. The van der Waals surface area contributed by atoms with Crippen molar-refractivity contribution >= 4 is 5.96 Å². The third-order valence-electron chi connectivity index (χ3n) is 3.83. The molecule has 0 bridgehead atoms. The maximum absolute atomic E-state index is 5.93. The minimum atomic E-state index is 0.200. The zero-order valence-corrected chi connectivity index (χ0v) is 13.4. The van der Waals surface area contributed by atoms with Crippen LogP contribution in [0.2, 0.25) is 0 Å². The summed E-state index contributed by atoms with van der Waals surface area (Å²) in [5.74, 6) is 0.538. The lowest BCUT2D eigenvalue weighted by Gasteiger charge is -2.34. The fourth-order valence-corrected chi connectivity index (χ4v) is 2.72. The largest absolute Gasteiger partial charge is 0.383 e. The van der Waals surface area contributed by atoms with Gasteiger partial charge in [0.15, 0.2) is 5.96 Å². The van der Waals surface area contributed by atoms with Crippen LogP contribution in [0, 0.1) is 0 Å². The fraction of sp³-hybridized carbons (Fsp3) is 0.933. The number of nitrogens with one attached hydrogen (secondary N) is 1. The molecule has 0 aromatic rings. The molecule has 118 valence electrons. The third-order valence-corrected chi connectivity index (χ3v) is 3.83. The number of likely N-dealkylation sites (tertiary alicyclic amines) is 1. The van der Waals surface area contributed by atoms with Crippen LogP contribution in [0.3, 0.4) is 0 Å². The van der Waals surface area contributed by atoms with Crippen molar-refractivity contribution < 1.29 is 4.74 Å². The fourth-order valence-electron chi connectivity index (χ4n) is 2.72. The van der Waals surface area contributed by atoms with Gasteiger partial charge in [-0.25, -0.2) is 0 Å². The second-order valence-electron chi connectivity index (χ2n) is 5.77. The van der Waals surface area contributed by atoms with E-state index in [2.05, 4.69) is 22.1 Å². The number of guanidine groups is 1. The van der Waals surface area contributed by atoms with Crippen LogP contribution >= 0.6 is 0 Å². The van der Waals surface area contributed by atoms with Crippen LogP contribution in [-0.2, 0) is 4.74 Å². The zero-order chi connectivity index (χ0) is 14.8. The van der Waals surface area contributed by atoms with E-state index in [0.29, 0.717) is 18.6 Å². The molecule has 0 amide bonds. The van der Waals surface area contributed by atoms with E-state index in [0.717, 1.165) is 6.54 Å². The van der Waals surface area contributed by atoms with Crippen LogP contribution < -0.4 is 11.1 Å². The second kappa shape index (κ2) is 10.00. The Labute approximate surface area is 124 Å². The lowest BCUT2D eigenvalue weighted by molar-refractivity contribution is 0.151. The highest BCUT2D eigenvalue weighted by Crippen LogP contribution is 2.17. The number of unbranched alkanes of at least 4 members (excludes halogenated alkanes) is 1. The molecule has 5 nitrogen and oxygen atoms in total. The number of rotatable bonds is 8. The smallest absolute Gasteiger partial charge is 0.188 e. The van der Waals surface area contributed by atoms with Gasteiger partial charge >= 0.3 is 0 Å². The Kier molecular flexibility index (Phi) is 8.62. The Hall–Kier alpha value is -0.810. The molecule has 1 heterocycles. The van der Waals surface area contributed by atoms with Crippen molar-refractivity contribution in [1.29, 1.82) is 0 Å². The SMILES string of the molecule is CCCCN1CCCCC1CN=C(N)NC(C)COC. The van der Waals surface area contributed by atoms with Gasteiger partial charge in [-0.1, -0.05) is 19.8 Å². The summed E-state index contributed by atoms with van der Waals surface area (Å²) in [6, 6.07) is 0.764. The molecule has 0 aliphatic carbocycles. The van der Waals surface area contributed by atoms with E-state index in [9.17, 15) is 0 Å². The predicted molar refractivity (Wildman–Crippen MR) is 85.1 cm³/mol. The van der Waals surface area contributed by atoms with Crippen molar-refractivity contribution in [1.82, 2.24) is 10.2 Å². The van der Waals surface area contributed by atoms with E-state index in [-0.39, 0.29) is 6.04 Å². The number of methoxy groups -OCH3 is 1. The molecule has 3 N–H and O–H groups in total. The summed E-state index contributed by atoms with van der Waals surface area (Å²) in [5, 5.41) is 3.16. The molecule has 0 saturated carbocycles. The number of nitrogens with zero attached hydrogens (tertiary/aromatic N) is 2. The number of piperidine rings is 1. The second-order valence-corrected chi connectivity index (χ2v) is 5.77. The molecule has 0 aromatic carbocycles. The Morgan fingerprint density at radius 1 is 1.50 bits per heavy atom. The standard InChI is InChI=1S/C15H32N4O/c1-4-5-9-19-10-7-6-8-14(19)11-17-15(16)18-13(2)12-20-3/h13-14H,4-12H2,1-3H3,(H3,16,17,18). The van der Waals surface area contributed by atoms with Crippen LogP contribution in [0.15, 0.2) is 4.99 Å². The van der Waals surface area contributed by atoms with Gasteiger partial charge in [-0.3, -0.25) is 9.89 Å². The highest BCUT2D eigenvalue weighted by molar-refractivity contribution is 5.78. The van der Waals surface area contributed by atoms with Crippen LogP contribution in [-0.4, -0.2) is 56.3 Å². The molecule has 0 radical (unpaired) electrons. The van der Waals surface area contributed by atoms with Gasteiger partial charge in [-0.15, -0.1) is 0 Å². The van der Waals surface area contributed by atoms with Crippen molar-refractivity contribution in [3.63, 3.8) is 0 Å². The summed E-state index contributed by atoms with van der Waals surface area (Å²) >= 11 is 0. The lowest BCUT2D eigenvalue weighted by Crippen LogP contribution is -2.44. The van der Waals surface area contributed by atoms with Crippen LogP contribution in [0.1, 0.15) is 46.0 Å². The molecule has 5 heteroatoms. The van der Waals surface area contributed by atoms with E-state index < -0.39 is 0 Å². The van der Waals surface area contributed by atoms with Crippen molar-refractivity contribution in [2.75, 3.05) is 33.4 Å². The van der Waals surface area contributed by atoms with Crippen LogP contribution in [0.5, 0.6) is 0 Å². The summed E-state index contributed by atoms with van der Waals surface area (Å²) in [4.78, 5) is 7.10. The monoisotopic (exact) mass is 284 g/mol. The first-order valence-electron chi connectivity index (χ1n) is 7.96. The summed E-state index contributed by atoms with van der Waals surface area (Å²) in [7, 11) is 1.69. The average molecular weight is 284 g/mol. The van der Waals surface area contributed by atoms with E-state index in [1.165, 1.54) is 45.2 Å². The Bertz CT molecular complexity index is 283. The van der Waals surface area contributed by atoms with Crippen molar-refractivity contribution in [3.8, 4) is 0 Å². The van der Waals surface area contributed by atoms with E-state index in [1.807, 2.05) is 6.92 Å². The molecule has 1 saturated heterocycles. The quantitative estimate of drug-likeness (QED) is 0.525. The predicted octanol–water partition coefficient (Wildman–Crippen LogP) is 1.58. The maximum Gasteiger partial charge on any atom is 0.188 e. The molecular formula is C15H32N4O. The number of hydrogen-bond donors (Lipinski definition) is 2. The first kappa shape index (κ1) is 17.2. The van der Waals surface area contributed by atoms with Crippen molar-refractivity contribution in [2.24, 2.45) is 10.7 Å². The third kappa shape index (κ3) is 6.57. The molecule has 2 atom stereocenters. The normalized spacial score (nSPS) is 22.8. The van der Waals surface area contributed by atoms with Crippen molar-refractivity contribution in [2.45, 2.75) is 58.0 Å². The number of hydrogen-bond acceptors (Lipinski definition) is 3. The van der Waals surface area contributed by atoms with Crippen LogP contribution in [0.25, 0.3) is 0 Å². The van der Waals surface area contributed by atoms with Gasteiger partial charge in [0.05, 0.1) is 13.2 Å². The van der Waals surface area contributed by atoms with E-state index >= 15 is 0 Å². The van der Waals surface area contributed by atoms with Gasteiger partial charge in [-0.2, -0.15) is 0 Å². The molecule has 1 fully saturated rings. The first-order chi connectivity index (χ1) is 9.67. The molecule has 20 heavy (non-hydrogen) atoms. The molecule has 2 unspecified atom stereocenters. The van der Waals surface area contributed by atoms with Gasteiger partial charge < -0.3 is 15.8 Å². The Morgan fingerprint density at radius 3 is 3.00 bits per heavy atom. The minimum Gasteiger partial charge on any atom is -0.383 e. The van der Waals surface area contributed by atoms with Gasteiger partial charge in [-0.05, 0) is 39.3 Å². The summed E-state index contributed by atoms with van der Waals surface area (Å²) in [6.07, 6.45) is 6.41. The Morgan fingerprint density at radius 2 is 2.30 bits per heavy atom. The number of aliphatic imine (C=N–C) groups is 1. The number of nitrogens with two attached hydrogens (primary N) is 1. The molecule has 0 spiro atoms. The van der Waals surface area contributed by atoms with Crippen LogP contribution in [0.4, 0.5) is 0 Å². The van der Waals surface area contributed by atoms with Gasteiger partial charge in [0.1, 0.15) is 0 Å². The lowest BCUT2D eigenvalue weighted by atomic mass is 10.0. The topological polar surface area (TPSA) is 62.9 Å². The van der Waals surface area contributed by atoms with Crippen molar-refractivity contribution in [3.05, 3.63) is 0 Å². The average Bonchev–Trinajstić information content (AvgIpc) is 2.44. The highest BCUT2D eigenvalue weighted by Gasteiger charge is 2.21. The maximum atomic E-state index is 5.93. The van der Waals surface area contributed by atoms with E-state index in [1.54, 1.807) is 7.11 Å². The summed E-state index contributed by atoms with van der Waals surface area (Å²) < 4.78 is 5.08. The molecule has 0 aromatic heterocycles. The molecular weight excluding hydrogens is 252 g/mol. The summed E-state index contributed by atoms with van der Waals surface area (Å²) in [6.45, 7) is 8.15.